The van der Waals surface area contributed by atoms with Gasteiger partial charge in [0, 0.05) is 18.7 Å². The molecule has 0 aliphatic rings. The Labute approximate surface area is 101 Å². The van der Waals surface area contributed by atoms with Crippen molar-refractivity contribution < 1.29 is 4.74 Å². The van der Waals surface area contributed by atoms with Gasteiger partial charge in [0.2, 0.25) is 6.04 Å². The van der Waals surface area contributed by atoms with Gasteiger partial charge in [0.1, 0.15) is 5.69 Å². The van der Waals surface area contributed by atoms with E-state index in [-0.39, 0.29) is 6.04 Å². The van der Waals surface area contributed by atoms with Gasteiger partial charge in [-0.15, -0.1) is 0 Å². The molecule has 0 spiro atoms. The Hall–Kier alpha value is -2.16. The molecular weight excluding hydrogens is 212 g/mol. The molecule has 1 aromatic heterocycles. The van der Waals surface area contributed by atoms with Crippen molar-refractivity contribution >= 4 is 6.21 Å². The molecule has 86 valence electrons. The molecule has 3 nitrogen and oxygen atoms in total. The lowest BCUT2D eigenvalue weighted by Gasteiger charge is -2.11. The molecule has 1 unspecified atom stereocenters. The molecule has 1 heterocycles. The summed E-state index contributed by atoms with van der Waals surface area (Å²) >= 11 is 0. The third kappa shape index (κ3) is 2.91. The van der Waals surface area contributed by atoms with Crippen molar-refractivity contribution in [1.29, 1.82) is 0 Å². The quantitative estimate of drug-likeness (QED) is 0.349. The van der Waals surface area contributed by atoms with Crippen LogP contribution in [0.4, 0.5) is 0 Å². The lowest BCUT2D eigenvalue weighted by Crippen LogP contribution is -2.12. The first-order valence-corrected chi connectivity index (χ1v) is 5.53. The zero-order chi connectivity index (χ0) is 12.1. The van der Waals surface area contributed by atoms with Crippen molar-refractivity contribution in [2.75, 3.05) is 0 Å². The maximum atomic E-state index is 11.9. The first kappa shape index (κ1) is 11.3. The van der Waals surface area contributed by atoms with Gasteiger partial charge in [0.05, 0.1) is 0 Å². The van der Waals surface area contributed by atoms with E-state index < -0.39 is 0 Å². The summed E-state index contributed by atoms with van der Waals surface area (Å²) in [6.45, 7) is 1.84. The second kappa shape index (κ2) is 5.25. The largest absolute Gasteiger partial charge is 0.623 e. The van der Waals surface area contributed by atoms with Crippen LogP contribution in [0.25, 0.3) is 0 Å². The Morgan fingerprint density at radius 3 is 2.47 bits per heavy atom. The fourth-order valence-electron chi connectivity index (χ4n) is 1.55. The summed E-state index contributed by atoms with van der Waals surface area (Å²) in [4.78, 5) is 4.18. The topological polar surface area (TPSA) is 39.0 Å². The molecular formula is C14H14N2O. The molecule has 0 aliphatic carbocycles. The van der Waals surface area contributed by atoms with Crippen molar-refractivity contribution in [3.63, 3.8) is 0 Å². The lowest BCUT2D eigenvalue weighted by atomic mass is 10.2. The molecule has 1 atom stereocenters. The molecule has 0 saturated carbocycles. The maximum absolute atomic E-state index is 11.9. The Morgan fingerprint density at radius 1 is 1.12 bits per heavy atom. The lowest BCUT2D eigenvalue weighted by molar-refractivity contribution is -0.499. The molecule has 0 saturated heterocycles. The Kier molecular flexibility index (Phi) is 3.50. The summed E-state index contributed by atoms with van der Waals surface area (Å²) in [7, 11) is 0. The van der Waals surface area contributed by atoms with Gasteiger partial charge in [-0.2, -0.15) is 0 Å². The Bertz CT molecular complexity index is 494. The summed E-state index contributed by atoms with van der Waals surface area (Å²) < 4.78 is 0.928. The third-order valence-electron chi connectivity index (χ3n) is 2.57. The number of aromatic nitrogens is 1. The maximum Gasteiger partial charge on any atom is 0.202 e. The fourth-order valence-corrected chi connectivity index (χ4v) is 1.55. The van der Waals surface area contributed by atoms with Crippen LogP contribution in [-0.4, -0.2) is 15.9 Å². The van der Waals surface area contributed by atoms with Gasteiger partial charge in [-0.05, 0) is 24.3 Å². The molecule has 1 aromatic carbocycles. The van der Waals surface area contributed by atoms with E-state index in [1.807, 2.05) is 55.5 Å². The van der Waals surface area contributed by atoms with Crippen LogP contribution in [0.3, 0.4) is 0 Å². The molecule has 0 fully saturated rings. The summed E-state index contributed by atoms with van der Waals surface area (Å²) in [6.07, 6.45) is 3.28. The predicted molar refractivity (Wildman–Crippen MR) is 67.9 cm³/mol. The first-order chi connectivity index (χ1) is 8.27. The highest BCUT2D eigenvalue weighted by Gasteiger charge is 2.12. The number of hydrogen-bond acceptors (Lipinski definition) is 2. The monoisotopic (exact) mass is 226 g/mol. The van der Waals surface area contributed by atoms with E-state index in [2.05, 4.69) is 4.98 Å². The summed E-state index contributed by atoms with van der Waals surface area (Å²) in [5, 5.41) is 11.9. The minimum atomic E-state index is -0.281. The highest BCUT2D eigenvalue weighted by Crippen LogP contribution is 2.12. The van der Waals surface area contributed by atoms with Crippen LogP contribution in [0.1, 0.15) is 24.2 Å². The molecule has 0 bridgehead atoms. The van der Waals surface area contributed by atoms with E-state index in [0.29, 0.717) is 0 Å². The van der Waals surface area contributed by atoms with Gasteiger partial charge in [0.25, 0.3) is 0 Å². The second-order valence-electron chi connectivity index (χ2n) is 3.83. The number of hydroxylamine groups is 1. The van der Waals surface area contributed by atoms with Crippen LogP contribution in [0, 0.1) is 5.21 Å². The number of hydrogen-bond donors (Lipinski definition) is 0. The minimum absolute atomic E-state index is 0.281. The van der Waals surface area contributed by atoms with Gasteiger partial charge in [-0.25, -0.2) is 4.74 Å². The molecule has 3 heteroatoms. The minimum Gasteiger partial charge on any atom is -0.623 e. The number of rotatable bonds is 3. The van der Waals surface area contributed by atoms with Crippen molar-refractivity contribution in [2.45, 2.75) is 13.0 Å². The first-order valence-electron chi connectivity index (χ1n) is 5.53. The van der Waals surface area contributed by atoms with Crippen molar-refractivity contribution in [2.24, 2.45) is 0 Å². The molecule has 2 aromatic rings. The zero-order valence-electron chi connectivity index (χ0n) is 9.65. The van der Waals surface area contributed by atoms with Gasteiger partial charge in [-0.1, -0.05) is 24.3 Å². The van der Waals surface area contributed by atoms with Crippen LogP contribution in [0.2, 0.25) is 0 Å². The number of benzene rings is 1. The molecule has 0 radical (unpaired) electrons. The van der Waals surface area contributed by atoms with E-state index in [1.165, 1.54) is 0 Å². The van der Waals surface area contributed by atoms with E-state index in [0.717, 1.165) is 16.0 Å². The number of nitrogens with zero attached hydrogens (tertiary/aromatic N) is 2. The van der Waals surface area contributed by atoms with Crippen LogP contribution >= 0.6 is 0 Å². The Balaban J connectivity index is 2.21. The molecule has 0 amide bonds. The van der Waals surface area contributed by atoms with Crippen LogP contribution in [-0.2, 0) is 0 Å². The van der Waals surface area contributed by atoms with Crippen molar-refractivity contribution in [3.8, 4) is 0 Å². The van der Waals surface area contributed by atoms with E-state index in [1.54, 1.807) is 12.4 Å². The highest BCUT2D eigenvalue weighted by molar-refractivity contribution is 5.75. The van der Waals surface area contributed by atoms with Crippen molar-refractivity contribution in [3.05, 3.63) is 71.2 Å². The van der Waals surface area contributed by atoms with Crippen molar-refractivity contribution in [1.82, 2.24) is 4.98 Å². The van der Waals surface area contributed by atoms with Gasteiger partial charge < -0.3 is 5.21 Å². The SMILES string of the molecule is CC(c1ccccn1)/[N+]([O-])=C/c1ccccc1. The highest BCUT2D eigenvalue weighted by atomic mass is 16.5. The van der Waals surface area contributed by atoms with E-state index in [4.69, 9.17) is 0 Å². The molecule has 2 rings (SSSR count). The average molecular weight is 226 g/mol. The molecule has 0 N–H and O–H groups in total. The Morgan fingerprint density at radius 2 is 1.82 bits per heavy atom. The van der Waals surface area contributed by atoms with Crippen LogP contribution in [0.5, 0.6) is 0 Å². The fraction of sp³-hybridized carbons (Fsp3) is 0.143. The standard InChI is InChI=1S/C14H14N2O/c1-12(14-9-5-6-10-15-14)16(17)11-13-7-3-2-4-8-13/h2-12H,1H3/b16-11-. The van der Waals surface area contributed by atoms with Gasteiger partial charge in [-0.3, -0.25) is 4.98 Å². The predicted octanol–water partition coefficient (Wildman–Crippen LogP) is 2.77. The summed E-state index contributed by atoms with van der Waals surface area (Å²) in [5.74, 6) is 0. The molecule has 17 heavy (non-hydrogen) atoms. The normalized spacial score (nSPS) is 13.4. The number of pyridine rings is 1. The van der Waals surface area contributed by atoms with Gasteiger partial charge >= 0.3 is 0 Å². The van der Waals surface area contributed by atoms with Crippen LogP contribution in [0.15, 0.2) is 54.7 Å². The summed E-state index contributed by atoms with van der Waals surface area (Å²) in [6, 6.07) is 14.8. The van der Waals surface area contributed by atoms with Crippen LogP contribution < -0.4 is 0 Å². The third-order valence-corrected chi connectivity index (χ3v) is 2.57. The smallest absolute Gasteiger partial charge is 0.202 e. The summed E-state index contributed by atoms with van der Waals surface area (Å²) in [5.41, 5.74) is 1.67. The second-order valence-corrected chi connectivity index (χ2v) is 3.83. The zero-order valence-corrected chi connectivity index (χ0v) is 9.65. The average Bonchev–Trinajstić information content (AvgIpc) is 2.40. The molecule has 0 aliphatic heterocycles. The van der Waals surface area contributed by atoms with E-state index >= 15 is 0 Å². The van der Waals surface area contributed by atoms with E-state index in [9.17, 15) is 5.21 Å². The van der Waals surface area contributed by atoms with Gasteiger partial charge in [0.15, 0.2) is 6.21 Å².